The van der Waals surface area contributed by atoms with Crippen molar-refractivity contribution in [2.75, 3.05) is 0 Å². The Morgan fingerprint density at radius 3 is 2.44 bits per heavy atom. The number of hydrogen-bond donors (Lipinski definition) is 0. The van der Waals surface area contributed by atoms with Crippen molar-refractivity contribution in [2.24, 2.45) is 0 Å². The van der Waals surface area contributed by atoms with Gasteiger partial charge < -0.3 is 13.9 Å². The molecule has 16 heavy (non-hydrogen) atoms. The molecule has 0 spiro atoms. The van der Waals surface area contributed by atoms with Gasteiger partial charge in [0.15, 0.2) is 0 Å². The quantitative estimate of drug-likeness (QED) is 0.705. The highest BCUT2D eigenvalue weighted by Crippen LogP contribution is 2.29. The van der Waals surface area contributed by atoms with Gasteiger partial charge in [-0.1, -0.05) is 6.92 Å². The first-order chi connectivity index (χ1) is 7.22. The normalized spacial score (nSPS) is 22.1. The zero-order valence-corrected chi connectivity index (χ0v) is 12.1. The van der Waals surface area contributed by atoms with Gasteiger partial charge in [-0.05, 0) is 32.1 Å². The summed E-state index contributed by atoms with van der Waals surface area (Å²) in [6.45, 7) is 12.2. The summed E-state index contributed by atoms with van der Waals surface area (Å²) in [4.78, 5) is 0. The van der Waals surface area contributed by atoms with E-state index in [0.717, 1.165) is 12.2 Å². The van der Waals surface area contributed by atoms with E-state index in [-0.39, 0.29) is 0 Å². The monoisotopic (exact) mass is 242 g/mol. The number of allylic oxidation sites excluding steroid dienone is 2. The van der Waals surface area contributed by atoms with Crippen LogP contribution in [0.1, 0.15) is 27.2 Å². The van der Waals surface area contributed by atoms with E-state index in [2.05, 4.69) is 26.6 Å². The Morgan fingerprint density at radius 1 is 1.31 bits per heavy atom. The van der Waals surface area contributed by atoms with E-state index in [1.54, 1.807) is 0 Å². The van der Waals surface area contributed by atoms with Crippen LogP contribution >= 0.6 is 0 Å². The summed E-state index contributed by atoms with van der Waals surface area (Å²) in [5.41, 5.74) is 0. The van der Waals surface area contributed by atoms with Gasteiger partial charge in [-0.3, -0.25) is 0 Å². The molecule has 3 nitrogen and oxygen atoms in total. The summed E-state index contributed by atoms with van der Waals surface area (Å²) in [5, 5.41) is 0. The van der Waals surface area contributed by atoms with Crippen LogP contribution in [0.15, 0.2) is 23.9 Å². The topological polar surface area (TPSA) is 27.7 Å². The van der Waals surface area contributed by atoms with Crippen LogP contribution < -0.4 is 0 Å². The molecule has 0 aromatic rings. The molecule has 0 aromatic carbocycles. The van der Waals surface area contributed by atoms with E-state index in [9.17, 15) is 0 Å². The molecule has 0 aliphatic carbocycles. The minimum absolute atomic E-state index is 0.579. The molecule has 0 aromatic heterocycles. The predicted octanol–water partition coefficient (Wildman–Crippen LogP) is 3.76. The van der Waals surface area contributed by atoms with Crippen LogP contribution in [0.25, 0.3) is 0 Å². The largest absolute Gasteiger partial charge is 0.520 e. The van der Waals surface area contributed by atoms with Crippen molar-refractivity contribution in [1.29, 1.82) is 0 Å². The molecule has 0 bridgehead atoms. The SMILES string of the molecule is CC/C=C1\C=C(O[Si](C)(C)C)OC(C)(C)O1. The van der Waals surface area contributed by atoms with Crippen molar-refractivity contribution < 1.29 is 13.9 Å². The minimum atomic E-state index is -1.64. The molecule has 0 fully saturated rings. The van der Waals surface area contributed by atoms with Crippen LogP contribution in [0.3, 0.4) is 0 Å². The van der Waals surface area contributed by atoms with Gasteiger partial charge in [0.1, 0.15) is 5.76 Å². The highest BCUT2D eigenvalue weighted by Gasteiger charge is 2.31. The third-order valence-electron chi connectivity index (χ3n) is 1.78. The highest BCUT2D eigenvalue weighted by molar-refractivity contribution is 6.70. The average molecular weight is 242 g/mol. The first kappa shape index (κ1) is 13.2. The lowest BCUT2D eigenvalue weighted by Crippen LogP contribution is -2.35. The van der Waals surface area contributed by atoms with Gasteiger partial charge in [-0.25, -0.2) is 0 Å². The van der Waals surface area contributed by atoms with E-state index in [1.807, 2.05) is 26.0 Å². The Morgan fingerprint density at radius 2 is 1.94 bits per heavy atom. The van der Waals surface area contributed by atoms with Crippen molar-refractivity contribution in [2.45, 2.75) is 52.6 Å². The Hall–Kier alpha value is -0.903. The molecule has 0 atom stereocenters. The van der Waals surface area contributed by atoms with Crippen LogP contribution in [0.2, 0.25) is 19.6 Å². The molecule has 0 unspecified atom stereocenters. The van der Waals surface area contributed by atoms with Crippen LogP contribution in [0, 0.1) is 0 Å². The van der Waals surface area contributed by atoms with Crippen molar-refractivity contribution in [3.63, 3.8) is 0 Å². The number of ether oxygens (including phenoxy) is 2. The summed E-state index contributed by atoms with van der Waals surface area (Å²) >= 11 is 0. The van der Waals surface area contributed by atoms with E-state index in [4.69, 9.17) is 13.9 Å². The maximum absolute atomic E-state index is 5.85. The lowest BCUT2D eigenvalue weighted by atomic mass is 10.3. The number of hydrogen-bond acceptors (Lipinski definition) is 3. The Balaban J connectivity index is 2.87. The summed E-state index contributed by atoms with van der Waals surface area (Å²) in [7, 11) is -1.64. The number of rotatable bonds is 3. The molecule has 0 saturated heterocycles. The Kier molecular flexibility index (Phi) is 3.73. The smallest absolute Gasteiger partial charge is 0.272 e. The summed E-state index contributed by atoms with van der Waals surface area (Å²) < 4.78 is 17.1. The maximum atomic E-state index is 5.85. The first-order valence-corrected chi connectivity index (χ1v) is 9.11. The predicted molar refractivity (Wildman–Crippen MR) is 67.1 cm³/mol. The lowest BCUT2D eigenvalue weighted by Gasteiger charge is -2.34. The highest BCUT2D eigenvalue weighted by atomic mass is 28.4. The van der Waals surface area contributed by atoms with Gasteiger partial charge in [0.25, 0.3) is 5.95 Å². The molecule has 0 amide bonds. The van der Waals surface area contributed by atoms with Crippen LogP contribution in [0.5, 0.6) is 0 Å². The molecular formula is C12H22O3Si. The molecule has 4 heteroatoms. The van der Waals surface area contributed by atoms with E-state index in [1.165, 1.54) is 0 Å². The molecular weight excluding hydrogens is 220 g/mol. The van der Waals surface area contributed by atoms with Crippen LogP contribution in [-0.2, 0) is 13.9 Å². The van der Waals surface area contributed by atoms with Gasteiger partial charge >= 0.3 is 0 Å². The van der Waals surface area contributed by atoms with Crippen molar-refractivity contribution >= 4 is 8.32 Å². The zero-order valence-electron chi connectivity index (χ0n) is 11.1. The Bertz CT molecular complexity index is 311. The van der Waals surface area contributed by atoms with Gasteiger partial charge in [-0.15, -0.1) is 0 Å². The van der Waals surface area contributed by atoms with Crippen molar-refractivity contribution in [3.05, 3.63) is 23.9 Å². The van der Waals surface area contributed by atoms with Crippen LogP contribution in [0.4, 0.5) is 0 Å². The van der Waals surface area contributed by atoms with Crippen molar-refractivity contribution in [1.82, 2.24) is 0 Å². The minimum Gasteiger partial charge on any atom is -0.520 e. The van der Waals surface area contributed by atoms with Gasteiger partial charge in [0.2, 0.25) is 14.1 Å². The van der Waals surface area contributed by atoms with Gasteiger partial charge in [0, 0.05) is 13.8 Å². The second kappa shape index (κ2) is 4.53. The maximum Gasteiger partial charge on any atom is 0.272 e. The Labute approximate surface area is 99.2 Å². The molecule has 0 N–H and O–H groups in total. The standard InChI is InChI=1S/C12H22O3Si/c1-7-8-10-9-11(15-16(4,5)6)14-12(2,3)13-10/h8-9H,7H2,1-6H3/b10-8+. The van der Waals surface area contributed by atoms with E-state index in [0.29, 0.717) is 5.95 Å². The molecule has 0 saturated carbocycles. The third kappa shape index (κ3) is 4.31. The van der Waals surface area contributed by atoms with E-state index < -0.39 is 14.1 Å². The molecule has 1 aliphatic rings. The molecule has 1 heterocycles. The van der Waals surface area contributed by atoms with Crippen LogP contribution in [-0.4, -0.2) is 14.1 Å². The van der Waals surface area contributed by atoms with E-state index >= 15 is 0 Å². The fraction of sp³-hybridized carbons (Fsp3) is 0.667. The molecule has 1 aliphatic heterocycles. The molecule has 0 radical (unpaired) electrons. The summed E-state index contributed by atoms with van der Waals surface area (Å²) in [5.74, 6) is 0.757. The molecule has 1 rings (SSSR count). The first-order valence-electron chi connectivity index (χ1n) is 5.71. The third-order valence-corrected chi connectivity index (χ3v) is 2.60. The molecule has 92 valence electrons. The fourth-order valence-electron chi connectivity index (χ4n) is 1.38. The average Bonchev–Trinajstić information content (AvgIpc) is 1.96. The van der Waals surface area contributed by atoms with Gasteiger partial charge in [0.05, 0.1) is 6.08 Å². The van der Waals surface area contributed by atoms with Gasteiger partial charge in [-0.2, -0.15) is 0 Å². The lowest BCUT2D eigenvalue weighted by molar-refractivity contribution is -0.194. The zero-order chi connectivity index (χ0) is 12.4. The summed E-state index contributed by atoms with van der Waals surface area (Å²) in [6.07, 6.45) is 4.78. The fourth-order valence-corrected chi connectivity index (χ4v) is 2.08. The second-order valence-electron chi connectivity index (χ2n) is 5.30. The second-order valence-corrected chi connectivity index (χ2v) is 9.73. The summed E-state index contributed by atoms with van der Waals surface area (Å²) in [6, 6.07) is 0. The van der Waals surface area contributed by atoms with Crippen molar-refractivity contribution in [3.8, 4) is 0 Å².